The number of carbonyl (C=O) groups is 2. The lowest BCUT2D eigenvalue weighted by molar-refractivity contribution is -0.187. The number of methoxy groups -OCH3 is 1. The van der Waals surface area contributed by atoms with Gasteiger partial charge >= 0.3 is 18.2 Å². The predicted octanol–water partition coefficient (Wildman–Crippen LogP) is 3.04. The summed E-state index contributed by atoms with van der Waals surface area (Å²) in [5.74, 6) is -4.74. The maximum absolute atomic E-state index is 13.0. The lowest BCUT2D eigenvalue weighted by Crippen LogP contribution is -2.35. The minimum atomic E-state index is -4.68. The molecule has 1 aromatic carbocycles. The van der Waals surface area contributed by atoms with Crippen LogP contribution in [0.25, 0.3) is 0 Å². The second kappa shape index (κ2) is 6.81. The molecule has 1 fully saturated rings. The van der Waals surface area contributed by atoms with Crippen LogP contribution in [0, 0.1) is 25.7 Å². The van der Waals surface area contributed by atoms with Gasteiger partial charge in [-0.05, 0) is 25.5 Å². The van der Waals surface area contributed by atoms with E-state index in [1.807, 2.05) is 6.92 Å². The Hall–Kier alpha value is -2.45. The summed E-state index contributed by atoms with van der Waals surface area (Å²) in [4.78, 5) is 24.3. The molecule has 25 heavy (non-hydrogen) atoms. The first-order chi connectivity index (χ1) is 11.6. The molecule has 0 saturated carbocycles. The number of carboxylic acid groups (broad SMARTS) is 1. The summed E-state index contributed by atoms with van der Waals surface area (Å²) in [6, 6.07) is 2.56. The number of ether oxygens (including phenoxy) is 1. The normalized spacial score (nSPS) is 20.5. The summed E-state index contributed by atoms with van der Waals surface area (Å²) < 4.78 is 44.3. The Kier molecular flexibility index (Phi) is 5.15. The van der Waals surface area contributed by atoms with E-state index in [1.165, 1.54) is 7.11 Å². The van der Waals surface area contributed by atoms with Gasteiger partial charge in [0.25, 0.3) is 0 Å². The number of nitrogens with zero attached hydrogens (tertiary/aromatic N) is 1. The van der Waals surface area contributed by atoms with Crippen LogP contribution in [-0.4, -0.2) is 48.4 Å². The van der Waals surface area contributed by atoms with Gasteiger partial charge in [0.1, 0.15) is 5.75 Å². The van der Waals surface area contributed by atoms with Crippen molar-refractivity contribution in [3.63, 3.8) is 0 Å². The highest BCUT2D eigenvalue weighted by Crippen LogP contribution is 2.38. The van der Waals surface area contributed by atoms with Gasteiger partial charge in [-0.1, -0.05) is 6.07 Å². The van der Waals surface area contributed by atoms with E-state index in [9.17, 15) is 22.8 Å². The van der Waals surface area contributed by atoms with E-state index < -0.39 is 43.1 Å². The fourth-order valence-electron chi connectivity index (χ4n) is 3.02. The van der Waals surface area contributed by atoms with Crippen molar-refractivity contribution in [2.45, 2.75) is 20.0 Å². The standard InChI is InChI=1S/C16H19F3N2O4/c1-8-4-5-12(9(2)13(8)25-3)20-15(24)21-6-10(14(22)23)11(7-21)16(17,18)19/h4-5,10-11H,6-7H2,1-3H3,(H,20,24)(H,22,23)/t10-,11-/m1/s1. The maximum Gasteiger partial charge on any atom is 0.394 e. The average molecular weight is 360 g/mol. The number of alkyl halides is 3. The van der Waals surface area contributed by atoms with Gasteiger partial charge in [0.15, 0.2) is 0 Å². The zero-order chi connectivity index (χ0) is 18.9. The molecule has 0 bridgehead atoms. The van der Waals surface area contributed by atoms with Crippen LogP contribution in [-0.2, 0) is 4.79 Å². The molecule has 1 aliphatic heterocycles. The highest BCUT2D eigenvalue weighted by Gasteiger charge is 2.53. The Morgan fingerprint density at radius 3 is 2.40 bits per heavy atom. The van der Waals surface area contributed by atoms with E-state index >= 15 is 0 Å². The Morgan fingerprint density at radius 1 is 1.28 bits per heavy atom. The molecule has 0 radical (unpaired) electrons. The number of carboxylic acids is 1. The molecule has 1 aliphatic rings. The molecule has 2 N–H and O–H groups in total. The second-order valence-corrected chi connectivity index (χ2v) is 6.02. The number of likely N-dealkylation sites (tertiary alicyclic amines) is 1. The first kappa shape index (κ1) is 18.9. The summed E-state index contributed by atoms with van der Waals surface area (Å²) in [6.07, 6.45) is -4.68. The largest absolute Gasteiger partial charge is 0.496 e. The monoisotopic (exact) mass is 360 g/mol. The molecule has 9 heteroatoms. The van der Waals surface area contributed by atoms with E-state index in [0.717, 1.165) is 10.5 Å². The van der Waals surface area contributed by atoms with Gasteiger partial charge in [-0.25, -0.2) is 4.79 Å². The molecule has 1 aromatic rings. The molecule has 6 nitrogen and oxygen atoms in total. The fraction of sp³-hybridized carbons (Fsp3) is 0.500. The molecular weight excluding hydrogens is 341 g/mol. The van der Waals surface area contributed by atoms with Gasteiger partial charge in [-0.15, -0.1) is 0 Å². The highest BCUT2D eigenvalue weighted by molar-refractivity contribution is 5.91. The number of hydrogen-bond donors (Lipinski definition) is 2. The van der Waals surface area contributed by atoms with Crippen molar-refractivity contribution < 1.29 is 32.6 Å². The van der Waals surface area contributed by atoms with Gasteiger partial charge in [-0.3, -0.25) is 4.79 Å². The maximum atomic E-state index is 13.0. The lowest BCUT2D eigenvalue weighted by atomic mass is 9.96. The van der Waals surface area contributed by atoms with E-state index in [1.54, 1.807) is 19.1 Å². The van der Waals surface area contributed by atoms with Gasteiger partial charge in [0.05, 0.1) is 18.9 Å². The lowest BCUT2D eigenvalue weighted by Gasteiger charge is -2.20. The molecule has 2 rings (SSSR count). The number of aliphatic carboxylic acids is 1. The van der Waals surface area contributed by atoms with Crippen molar-refractivity contribution in [3.05, 3.63) is 23.3 Å². The smallest absolute Gasteiger partial charge is 0.394 e. The van der Waals surface area contributed by atoms with E-state index in [-0.39, 0.29) is 0 Å². The average Bonchev–Trinajstić information content (AvgIpc) is 2.96. The second-order valence-electron chi connectivity index (χ2n) is 6.02. The van der Waals surface area contributed by atoms with E-state index in [2.05, 4.69) is 5.32 Å². The Balaban J connectivity index is 2.18. The van der Waals surface area contributed by atoms with Crippen molar-refractivity contribution in [2.24, 2.45) is 11.8 Å². The van der Waals surface area contributed by atoms with Crippen LogP contribution in [0.4, 0.5) is 23.7 Å². The zero-order valence-corrected chi connectivity index (χ0v) is 14.0. The van der Waals surface area contributed by atoms with E-state index in [4.69, 9.17) is 9.84 Å². The Morgan fingerprint density at radius 2 is 1.92 bits per heavy atom. The van der Waals surface area contributed by atoms with Crippen LogP contribution in [0.1, 0.15) is 11.1 Å². The summed E-state index contributed by atoms with van der Waals surface area (Å²) in [6.45, 7) is 2.36. The highest BCUT2D eigenvalue weighted by atomic mass is 19.4. The molecular formula is C16H19F3N2O4. The Bertz CT molecular complexity index is 691. The minimum Gasteiger partial charge on any atom is -0.496 e. The number of rotatable bonds is 3. The molecule has 0 spiro atoms. The molecule has 138 valence electrons. The number of benzene rings is 1. The van der Waals surface area contributed by atoms with Gasteiger partial charge < -0.3 is 20.1 Å². The van der Waals surface area contributed by atoms with Crippen LogP contribution >= 0.6 is 0 Å². The van der Waals surface area contributed by atoms with Crippen LogP contribution in [0.15, 0.2) is 12.1 Å². The Labute approximate surface area is 142 Å². The third-order valence-electron chi connectivity index (χ3n) is 4.39. The van der Waals surface area contributed by atoms with Crippen molar-refractivity contribution >= 4 is 17.7 Å². The van der Waals surface area contributed by atoms with Gasteiger partial charge in [0.2, 0.25) is 0 Å². The zero-order valence-electron chi connectivity index (χ0n) is 14.0. The molecule has 0 aromatic heterocycles. The summed E-state index contributed by atoms with van der Waals surface area (Å²) in [5, 5.41) is 11.5. The summed E-state index contributed by atoms with van der Waals surface area (Å²) >= 11 is 0. The van der Waals surface area contributed by atoms with Gasteiger partial charge in [-0.2, -0.15) is 13.2 Å². The predicted molar refractivity (Wildman–Crippen MR) is 83.7 cm³/mol. The van der Waals surface area contributed by atoms with Crippen molar-refractivity contribution in [3.8, 4) is 5.75 Å². The van der Waals surface area contributed by atoms with Gasteiger partial charge in [0, 0.05) is 24.3 Å². The first-order valence-electron chi connectivity index (χ1n) is 7.56. The van der Waals surface area contributed by atoms with Crippen molar-refractivity contribution in [1.82, 2.24) is 4.90 Å². The van der Waals surface area contributed by atoms with Crippen LogP contribution < -0.4 is 10.1 Å². The third-order valence-corrected chi connectivity index (χ3v) is 4.39. The minimum absolute atomic E-state index is 0.398. The van der Waals surface area contributed by atoms with Crippen LogP contribution in [0.2, 0.25) is 0 Å². The number of urea groups is 1. The summed E-state index contributed by atoms with van der Waals surface area (Å²) in [7, 11) is 1.48. The quantitative estimate of drug-likeness (QED) is 0.868. The molecule has 0 aliphatic carbocycles. The molecule has 2 amide bonds. The number of hydrogen-bond acceptors (Lipinski definition) is 3. The van der Waals surface area contributed by atoms with Crippen molar-refractivity contribution in [1.29, 1.82) is 0 Å². The molecule has 1 heterocycles. The van der Waals surface area contributed by atoms with E-state index in [0.29, 0.717) is 17.0 Å². The number of carbonyl (C=O) groups excluding carboxylic acids is 1. The van der Waals surface area contributed by atoms with Crippen LogP contribution in [0.5, 0.6) is 5.75 Å². The molecule has 1 saturated heterocycles. The number of anilines is 1. The SMILES string of the molecule is COc1c(C)ccc(NC(=O)N2C[C@@H](C(F)(F)F)[C@H](C(=O)O)C2)c1C. The first-order valence-corrected chi connectivity index (χ1v) is 7.56. The number of nitrogens with one attached hydrogen (secondary N) is 1. The van der Waals surface area contributed by atoms with Crippen molar-refractivity contribution in [2.75, 3.05) is 25.5 Å². The third kappa shape index (κ3) is 3.80. The van der Waals surface area contributed by atoms with Crippen LogP contribution in [0.3, 0.4) is 0 Å². The number of aryl methyl sites for hydroxylation is 1. The molecule has 0 unspecified atom stereocenters. The number of amides is 2. The fourth-order valence-corrected chi connectivity index (χ4v) is 3.02. The summed E-state index contributed by atoms with van der Waals surface area (Å²) in [5.41, 5.74) is 1.88. The topological polar surface area (TPSA) is 78.9 Å². The molecule has 2 atom stereocenters. The number of halogens is 3.